The maximum Gasteiger partial charge on any atom is 0.195 e. The maximum atomic E-state index is 4.20. The quantitative estimate of drug-likeness (QED) is 0.726. The molecule has 0 unspecified atom stereocenters. The molecule has 0 saturated heterocycles. The fraction of sp³-hybridized carbons (Fsp3) is 0. The largest absolute Gasteiger partial charge is 0.295 e. The molecule has 2 nitrogen and oxygen atoms in total. The van der Waals surface area contributed by atoms with Crippen LogP contribution in [0.4, 0.5) is 0 Å². The number of halogens is 2. The van der Waals surface area contributed by atoms with Crippen LogP contribution in [0.2, 0.25) is 0 Å². The molecule has 2 aromatic rings. The molecule has 0 radical (unpaired) electrons. The van der Waals surface area contributed by atoms with Crippen molar-refractivity contribution >= 4 is 48.2 Å². The van der Waals surface area contributed by atoms with E-state index in [1.807, 2.05) is 16.8 Å². The van der Waals surface area contributed by atoms with Crippen LogP contribution in [0.3, 0.4) is 0 Å². The lowest BCUT2D eigenvalue weighted by Crippen LogP contribution is -1.66. The molecule has 5 heteroatoms. The van der Waals surface area contributed by atoms with E-state index in [1.54, 1.807) is 11.3 Å². The van der Waals surface area contributed by atoms with E-state index in [-0.39, 0.29) is 0 Å². The first-order chi connectivity index (χ1) is 4.75. The minimum atomic E-state index is 0.881. The van der Waals surface area contributed by atoms with E-state index < -0.39 is 0 Å². The van der Waals surface area contributed by atoms with E-state index >= 15 is 0 Å². The lowest BCUT2D eigenvalue weighted by Gasteiger charge is -1.73. The predicted octanol–water partition coefficient (Wildman–Crippen LogP) is 2.92. The molecule has 0 fully saturated rings. The molecule has 0 aliphatic heterocycles. The van der Waals surface area contributed by atoms with E-state index in [2.05, 4.69) is 36.8 Å². The first kappa shape index (κ1) is 6.82. The lowest BCUT2D eigenvalue weighted by molar-refractivity contribution is 1.22. The normalized spacial score (nSPS) is 11.0. The Morgan fingerprint density at radius 1 is 1.40 bits per heavy atom. The van der Waals surface area contributed by atoms with Crippen LogP contribution >= 0.6 is 43.2 Å². The molecule has 0 N–H and O–H groups in total. The van der Waals surface area contributed by atoms with Crippen molar-refractivity contribution in [3.05, 3.63) is 20.8 Å². The molecule has 2 aromatic heterocycles. The van der Waals surface area contributed by atoms with Gasteiger partial charge in [0.2, 0.25) is 0 Å². The van der Waals surface area contributed by atoms with Crippen molar-refractivity contribution < 1.29 is 0 Å². The summed E-state index contributed by atoms with van der Waals surface area (Å²) < 4.78 is 3.95. The minimum absolute atomic E-state index is 0.881. The third-order valence-electron chi connectivity index (χ3n) is 1.10. The van der Waals surface area contributed by atoms with Gasteiger partial charge in [0, 0.05) is 12.4 Å². The van der Waals surface area contributed by atoms with Crippen molar-refractivity contribution in [2.75, 3.05) is 0 Å². The van der Waals surface area contributed by atoms with Gasteiger partial charge in [-0.05, 0) is 31.9 Å². The Morgan fingerprint density at radius 3 is 2.90 bits per heavy atom. The molecule has 52 valence electrons. The number of thiazole rings is 1. The molecule has 0 amide bonds. The van der Waals surface area contributed by atoms with Crippen molar-refractivity contribution in [3.8, 4) is 0 Å². The molecular formula is C5H2Br2N2S. The number of hydrogen-bond donors (Lipinski definition) is 0. The third-order valence-corrected chi connectivity index (χ3v) is 2.96. The van der Waals surface area contributed by atoms with E-state index in [0.717, 1.165) is 13.4 Å². The Kier molecular flexibility index (Phi) is 1.58. The standard InChI is InChI=1S/C5H2Br2N2S/c6-3-1-9-2-4(7)10-5(9)8-3/h1-2H. The van der Waals surface area contributed by atoms with Gasteiger partial charge in [-0.2, -0.15) is 0 Å². The highest BCUT2D eigenvalue weighted by Crippen LogP contribution is 2.23. The second-order valence-corrected chi connectivity index (χ2v) is 4.99. The third kappa shape index (κ3) is 1.02. The van der Waals surface area contributed by atoms with Crippen LogP contribution in [-0.2, 0) is 0 Å². The maximum absolute atomic E-state index is 4.20. The van der Waals surface area contributed by atoms with Crippen LogP contribution in [0.25, 0.3) is 4.96 Å². The Bertz CT molecular complexity index is 301. The van der Waals surface area contributed by atoms with Crippen molar-refractivity contribution in [2.45, 2.75) is 0 Å². The highest BCUT2D eigenvalue weighted by Gasteiger charge is 2.01. The Morgan fingerprint density at radius 2 is 2.20 bits per heavy atom. The fourth-order valence-corrected chi connectivity index (χ4v) is 2.60. The van der Waals surface area contributed by atoms with Gasteiger partial charge in [0.05, 0.1) is 3.79 Å². The summed E-state index contributed by atoms with van der Waals surface area (Å²) in [4.78, 5) is 5.20. The number of nitrogens with zero attached hydrogens (tertiary/aromatic N) is 2. The van der Waals surface area contributed by atoms with E-state index in [1.165, 1.54) is 0 Å². The van der Waals surface area contributed by atoms with E-state index in [4.69, 9.17) is 0 Å². The number of rotatable bonds is 0. The molecule has 10 heavy (non-hydrogen) atoms. The van der Waals surface area contributed by atoms with Crippen LogP contribution in [0.15, 0.2) is 20.8 Å². The Hall–Kier alpha value is 0.130. The van der Waals surface area contributed by atoms with Crippen molar-refractivity contribution in [1.82, 2.24) is 9.38 Å². The zero-order chi connectivity index (χ0) is 7.14. The Balaban J connectivity index is 2.83. The van der Waals surface area contributed by atoms with E-state index in [0.29, 0.717) is 0 Å². The van der Waals surface area contributed by atoms with Crippen LogP contribution < -0.4 is 0 Å². The molecule has 0 atom stereocenters. The van der Waals surface area contributed by atoms with Gasteiger partial charge in [-0.15, -0.1) is 0 Å². The highest BCUT2D eigenvalue weighted by atomic mass is 79.9. The summed E-state index contributed by atoms with van der Waals surface area (Å²) in [5.74, 6) is 0. The molecule has 0 spiro atoms. The molecule has 0 aromatic carbocycles. The average molecular weight is 282 g/mol. The second kappa shape index (κ2) is 2.32. The van der Waals surface area contributed by atoms with Gasteiger partial charge >= 0.3 is 0 Å². The predicted molar refractivity (Wildman–Crippen MR) is 48.5 cm³/mol. The van der Waals surface area contributed by atoms with Crippen molar-refractivity contribution in [3.63, 3.8) is 0 Å². The second-order valence-electron chi connectivity index (χ2n) is 1.79. The van der Waals surface area contributed by atoms with Gasteiger partial charge < -0.3 is 0 Å². The van der Waals surface area contributed by atoms with E-state index in [9.17, 15) is 0 Å². The molecule has 2 heterocycles. The van der Waals surface area contributed by atoms with Gasteiger partial charge in [0.15, 0.2) is 4.96 Å². The van der Waals surface area contributed by atoms with Gasteiger partial charge in [-0.25, -0.2) is 4.98 Å². The molecule has 0 saturated carbocycles. The summed E-state index contributed by atoms with van der Waals surface area (Å²) in [5, 5.41) is 0. The smallest absolute Gasteiger partial charge is 0.195 e. The number of imidazole rings is 1. The van der Waals surface area contributed by atoms with Gasteiger partial charge in [-0.3, -0.25) is 4.40 Å². The highest BCUT2D eigenvalue weighted by molar-refractivity contribution is 9.11. The zero-order valence-corrected chi connectivity index (χ0v) is 8.70. The molecule has 2 rings (SSSR count). The Labute approximate surface area is 78.1 Å². The summed E-state index contributed by atoms with van der Waals surface area (Å²) in [6.07, 6.45) is 3.91. The molecule has 0 aliphatic carbocycles. The first-order valence-corrected chi connectivity index (χ1v) is 4.95. The van der Waals surface area contributed by atoms with Crippen molar-refractivity contribution in [1.29, 1.82) is 0 Å². The summed E-state index contributed by atoms with van der Waals surface area (Å²) in [6.45, 7) is 0. The summed E-state index contributed by atoms with van der Waals surface area (Å²) in [7, 11) is 0. The minimum Gasteiger partial charge on any atom is -0.295 e. The number of hydrogen-bond acceptors (Lipinski definition) is 2. The van der Waals surface area contributed by atoms with Gasteiger partial charge in [-0.1, -0.05) is 11.3 Å². The fourth-order valence-electron chi connectivity index (χ4n) is 0.739. The average Bonchev–Trinajstić information content (AvgIpc) is 2.21. The van der Waals surface area contributed by atoms with Crippen LogP contribution in [-0.4, -0.2) is 9.38 Å². The number of aromatic nitrogens is 2. The SMILES string of the molecule is Brc1cn2cc(Br)sc2n1. The van der Waals surface area contributed by atoms with Gasteiger partial charge in [0.25, 0.3) is 0 Å². The van der Waals surface area contributed by atoms with Crippen LogP contribution in [0.5, 0.6) is 0 Å². The van der Waals surface area contributed by atoms with Gasteiger partial charge in [0.1, 0.15) is 4.60 Å². The summed E-state index contributed by atoms with van der Waals surface area (Å²) >= 11 is 8.27. The molecule has 0 aliphatic rings. The molecule has 0 bridgehead atoms. The van der Waals surface area contributed by atoms with Crippen LogP contribution in [0, 0.1) is 0 Å². The monoisotopic (exact) mass is 280 g/mol. The number of fused-ring (bicyclic) bond motifs is 1. The first-order valence-electron chi connectivity index (χ1n) is 2.55. The topological polar surface area (TPSA) is 17.3 Å². The summed E-state index contributed by atoms with van der Waals surface area (Å²) in [6, 6.07) is 0. The zero-order valence-electron chi connectivity index (χ0n) is 4.71. The molecular weight excluding hydrogens is 280 g/mol. The van der Waals surface area contributed by atoms with Crippen molar-refractivity contribution in [2.24, 2.45) is 0 Å². The van der Waals surface area contributed by atoms with Crippen LogP contribution in [0.1, 0.15) is 0 Å². The lowest BCUT2D eigenvalue weighted by atomic mass is 10.9. The summed E-state index contributed by atoms with van der Waals surface area (Å²) in [5.41, 5.74) is 0.